The first-order chi connectivity index (χ1) is 6.82. The smallest absolute Gasteiger partial charge is 0.398 e. The van der Waals surface area contributed by atoms with Crippen molar-refractivity contribution in [3.63, 3.8) is 0 Å². The van der Waals surface area contributed by atoms with Crippen molar-refractivity contribution < 1.29 is 9.31 Å². The van der Waals surface area contributed by atoms with Crippen molar-refractivity contribution in [3.8, 4) is 0 Å². The Balaban J connectivity index is 0.00000128. The van der Waals surface area contributed by atoms with Crippen molar-refractivity contribution in [2.75, 3.05) is 5.73 Å². The van der Waals surface area contributed by atoms with E-state index in [0.717, 1.165) is 5.59 Å². The van der Waals surface area contributed by atoms with Gasteiger partial charge >= 0.3 is 7.12 Å². The third-order valence-corrected chi connectivity index (χ3v) is 3.73. The minimum absolute atomic E-state index is 0. The highest BCUT2D eigenvalue weighted by Crippen LogP contribution is 2.36. The summed E-state index contributed by atoms with van der Waals surface area (Å²) in [4.78, 5) is 4.17. The molecule has 1 aromatic heterocycles. The number of halogens is 1. The van der Waals surface area contributed by atoms with E-state index in [4.69, 9.17) is 15.0 Å². The van der Waals surface area contributed by atoms with Crippen LogP contribution in [0.3, 0.4) is 0 Å². The number of nitrogens with two attached hydrogens (primary N) is 1. The quantitative estimate of drug-likeness (QED) is 0.778. The van der Waals surface area contributed by atoms with Gasteiger partial charge in [0.25, 0.3) is 0 Å². The van der Waals surface area contributed by atoms with Gasteiger partial charge in [0, 0.05) is 5.38 Å². The van der Waals surface area contributed by atoms with Crippen LogP contribution in [0.4, 0.5) is 5.13 Å². The van der Waals surface area contributed by atoms with Crippen molar-refractivity contribution in [2.45, 2.75) is 38.9 Å². The van der Waals surface area contributed by atoms with Crippen LogP contribution in [0.25, 0.3) is 0 Å². The number of nitrogen functional groups attached to an aromatic ring is 1. The van der Waals surface area contributed by atoms with Crippen molar-refractivity contribution in [1.29, 1.82) is 0 Å². The van der Waals surface area contributed by atoms with Crippen LogP contribution in [-0.2, 0) is 9.31 Å². The van der Waals surface area contributed by atoms with Gasteiger partial charge in [-0.25, -0.2) is 4.98 Å². The number of hydrogen-bond acceptors (Lipinski definition) is 5. The molecule has 0 bridgehead atoms. The second-order valence-corrected chi connectivity index (χ2v) is 5.59. The molecule has 0 aliphatic carbocycles. The summed E-state index contributed by atoms with van der Waals surface area (Å²) in [5.74, 6) is 0. The highest BCUT2D eigenvalue weighted by molar-refractivity contribution is 7.14. The molecule has 7 heteroatoms. The predicted molar refractivity (Wildman–Crippen MR) is 69.5 cm³/mol. The van der Waals surface area contributed by atoms with Gasteiger partial charge in [-0.05, 0) is 27.7 Å². The monoisotopic (exact) mass is 262 g/mol. The molecule has 0 amide bonds. The molecule has 16 heavy (non-hydrogen) atoms. The molecule has 4 nitrogen and oxygen atoms in total. The first kappa shape index (κ1) is 13.8. The van der Waals surface area contributed by atoms with Crippen LogP contribution in [0.2, 0.25) is 0 Å². The fourth-order valence-corrected chi connectivity index (χ4v) is 1.94. The summed E-state index contributed by atoms with van der Waals surface area (Å²) in [6.45, 7) is 8.07. The van der Waals surface area contributed by atoms with Gasteiger partial charge in [-0.1, -0.05) is 0 Å². The average molecular weight is 263 g/mol. The molecule has 2 N–H and O–H groups in total. The molecule has 0 atom stereocenters. The third kappa shape index (κ3) is 2.20. The molecule has 1 aliphatic rings. The van der Waals surface area contributed by atoms with Crippen molar-refractivity contribution in [1.82, 2.24) is 4.98 Å². The molecular formula is C9H16BClN2O2S. The van der Waals surface area contributed by atoms with Crippen LogP contribution in [0.5, 0.6) is 0 Å². The Bertz CT molecular complexity index is 367. The van der Waals surface area contributed by atoms with Gasteiger partial charge in [0.1, 0.15) is 0 Å². The molecule has 0 spiro atoms. The normalized spacial score (nSPS) is 21.9. The second kappa shape index (κ2) is 4.18. The van der Waals surface area contributed by atoms with Crippen LogP contribution < -0.4 is 11.3 Å². The van der Waals surface area contributed by atoms with E-state index < -0.39 is 7.12 Å². The zero-order chi connectivity index (χ0) is 11.3. The van der Waals surface area contributed by atoms with E-state index >= 15 is 0 Å². The van der Waals surface area contributed by atoms with E-state index in [1.165, 1.54) is 11.3 Å². The Morgan fingerprint density at radius 2 is 1.75 bits per heavy atom. The largest absolute Gasteiger partial charge is 0.515 e. The van der Waals surface area contributed by atoms with Crippen molar-refractivity contribution in [2.24, 2.45) is 0 Å². The number of hydrogen-bond donors (Lipinski definition) is 1. The van der Waals surface area contributed by atoms with Crippen molar-refractivity contribution >= 4 is 41.6 Å². The zero-order valence-electron chi connectivity index (χ0n) is 9.81. The third-order valence-electron chi connectivity index (χ3n) is 3.03. The fraction of sp³-hybridized carbons (Fsp3) is 0.667. The molecule has 0 unspecified atom stereocenters. The maximum Gasteiger partial charge on any atom is 0.515 e. The number of nitrogens with zero attached hydrogens (tertiary/aromatic N) is 1. The average Bonchev–Trinajstić information content (AvgIpc) is 2.56. The summed E-state index contributed by atoms with van der Waals surface area (Å²) in [5, 5.41) is 2.41. The zero-order valence-corrected chi connectivity index (χ0v) is 11.4. The highest BCUT2D eigenvalue weighted by atomic mass is 35.5. The summed E-state index contributed by atoms with van der Waals surface area (Å²) < 4.78 is 11.7. The summed E-state index contributed by atoms with van der Waals surface area (Å²) in [6, 6.07) is 0. The van der Waals surface area contributed by atoms with Crippen LogP contribution in [0, 0.1) is 0 Å². The molecule has 90 valence electrons. The van der Waals surface area contributed by atoms with Crippen LogP contribution in [0.1, 0.15) is 27.7 Å². The Morgan fingerprint density at radius 1 is 1.25 bits per heavy atom. The molecule has 1 aromatic rings. The molecule has 2 heterocycles. The maximum atomic E-state index is 5.83. The van der Waals surface area contributed by atoms with Gasteiger partial charge in [-0.15, -0.1) is 23.7 Å². The Labute approximate surface area is 106 Å². The fourth-order valence-electron chi connectivity index (χ4n) is 1.37. The van der Waals surface area contributed by atoms with E-state index in [9.17, 15) is 0 Å². The van der Waals surface area contributed by atoms with Gasteiger partial charge in [-0.2, -0.15) is 0 Å². The standard InChI is InChI=1S/C9H15BN2O2S.ClH/c1-8(2)9(3,4)14-10(13-8)6-5-15-7(11)12-6;/h5H,1-4H3,(H2,11,12);1H. The van der Waals surface area contributed by atoms with Gasteiger partial charge < -0.3 is 15.0 Å². The first-order valence-electron chi connectivity index (χ1n) is 4.88. The van der Waals surface area contributed by atoms with E-state index in [1.54, 1.807) is 0 Å². The van der Waals surface area contributed by atoms with Crippen LogP contribution in [-0.4, -0.2) is 23.3 Å². The van der Waals surface area contributed by atoms with E-state index in [0.29, 0.717) is 5.13 Å². The van der Waals surface area contributed by atoms with Crippen LogP contribution in [0.15, 0.2) is 5.38 Å². The minimum Gasteiger partial charge on any atom is -0.398 e. The van der Waals surface area contributed by atoms with Gasteiger partial charge in [0.2, 0.25) is 0 Å². The number of rotatable bonds is 1. The molecule has 0 saturated carbocycles. The lowest BCUT2D eigenvalue weighted by Crippen LogP contribution is -2.41. The number of anilines is 1. The summed E-state index contributed by atoms with van der Waals surface area (Å²) in [5.41, 5.74) is 5.69. The van der Waals surface area contributed by atoms with E-state index in [-0.39, 0.29) is 23.6 Å². The maximum absolute atomic E-state index is 5.83. The van der Waals surface area contributed by atoms with Gasteiger partial charge in [0.15, 0.2) is 5.13 Å². The van der Waals surface area contributed by atoms with Crippen LogP contribution >= 0.6 is 23.7 Å². The molecule has 1 fully saturated rings. The molecule has 1 saturated heterocycles. The molecular weight excluding hydrogens is 246 g/mol. The van der Waals surface area contributed by atoms with E-state index in [2.05, 4.69) is 4.98 Å². The Hall–Kier alpha value is -0.295. The van der Waals surface area contributed by atoms with Crippen molar-refractivity contribution in [3.05, 3.63) is 5.38 Å². The predicted octanol–water partition coefficient (Wildman–Crippen LogP) is 1.45. The minimum atomic E-state index is -0.399. The molecule has 0 radical (unpaired) electrons. The SMILES string of the molecule is CC1(C)OB(c2csc(N)n2)OC1(C)C.Cl. The lowest BCUT2D eigenvalue weighted by molar-refractivity contribution is 0.00578. The van der Waals surface area contributed by atoms with Gasteiger partial charge in [0.05, 0.1) is 16.8 Å². The molecule has 2 rings (SSSR count). The highest BCUT2D eigenvalue weighted by Gasteiger charge is 2.52. The Morgan fingerprint density at radius 3 is 2.12 bits per heavy atom. The Kier molecular flexibility index (Phi) is 3.60. The molecule has 1 aliphatic heterocycles. The second-order valence-electron chi connectivity index (χ2n) is 4.70. The topological polar surface area (TPSA) is 57.4 Å². The lowest BCUT2D eigenvalue weighted by Gasteiger charge is -2.32. The summed E-state index contributed by atoms with van der Waals surface area (Å²) in [6.07, 6.45) is 0. The number of aromatic nitrogens is 1. The van der Waals surface area contributed by atoms with Gasteiger partial charge in [-0.3, -0.25) is 0 Å². The first-order valence-corrected chi connectivity index (χ1v) is 5.76. The summed E-state index contributed by atoms with van der Waals surface area (Å²) in [7, 11) is -0.399. The molecule has 0 aromatic carbocycles. The lowest BCUT2D eigenvalue weighted by atomic mass is 9.86. The number of thiazole rings is 1. The summed E-state index contributed by atoms with van der Waals surface area (Å²) >= 11 is 1.40. The van der Waals surface area contributed by atoms with E-state index in [1.807, 2.05) is 33.1 Å².